The Kier molecular flexibility index (Phi) is 4.51. The lowest BCUT2D eigenvalue weighted by atomic mass is 9.98. The minimum Gasteiger partial charge on any atom is -0.491 e. The summed E-state index contributed by atoms with van der Waals surface area (Å²) in [5.74, 6) is 0.919. The Bertz CT molecular complexity index is 468. The van der Waals surface area contributed by atoms with Crippen LogP contribution in [0, 0.1) is 0 Å². The molecule has 2 aliphatic rings. The summed E-state index contributed by atoms with van der Waals surface area (Å²) in [6, 6.07) is 8.17. The number of para-hydroxylation sites is 1. The van der Waals surface area contributed by atoms with Crippen LogP contribution in [-0.4, -0.2) is 18.3 Å². The molecule has 1 aliphatic heterocycles. The Morgan fingerprint density at radius 3 is 2.81 bits per heavy atom. The molecule has 116 valence electrons. The van der Waals surface area contributed by atoms with Crippen LogP contribution in [0.3, 0.4) is 0 Å². The zero-order chi connectivity index (χ0) is 14.7. The fourth-order valence-electron chi connectivity index (χ4n) is 3.72. The molecule has 3 rings (SSSR count). The lowest BCUT2D eigenvalue weighted by Gasteiger charge is -2.24. The fraction of sp³-hybridized carbons (Fsp3) is 0.667. The normalized spacial score (nSPS) is 25.3. The zero-order valence-electron chi connectivity index (χ0n) is 13.0. The summed E-state index contributed by atoms with van der Waals surface area (Å²) in [6.07, 6.45) is 8.61. The van der Waals surface area contributed by atoms with Gasteiger partial charge in [0.15, 0.2) is 0 Å². The van der Waals surface area contributed by atoms with Crippen LogP contribution in [0.5, 0.6) is 5.75 Å². The van der Waals surface area contributed by atoms with Crippen molar-refractivity contribution in [2.45, 2.75) is 69.6 Å². The molecule has 21 heavy (non-hydrogen) atoms. The highest BCUT2D eigenvalue weighted by Crippen LogP contribution is 2.43. The number of hydrogen-bond acceptors (Lipinski definition) is 3. The molecule has 0 bridgehead atoms. The summed E-state index contributed by atoms with van der Waals surface area (Å²) in [4.78, 5) is 0. The van der Waals surface area contributed by atoms with Gasteiger partial charge in [-0.05, 0) is 38.2 Å². The van der Waals surface area contributed by atoms with Crippen molar-refractivity contribution in [1.82, 2.24) is 0 Å². The summed E-state index contributed by atoms with van der Waals surface area (Å²) >= 11 is 0. The molecule has 3 nitrogen and oxygen atoms in total. The molecule has 1 aromatic carbocycles. The van der Waals surface area contributed by atoms with Crippen LogP contribution in [0.4, 0.5) is 0 Å². The molecule has 1 unspecified atom stereocenters. The van der Waals surface area contributed by atoms with Crippen molar-refractivity contribution in [3.8, 4) is 5.75 Å². The molecule has 1 heterocycles. The molecule has 3 heteroatoms. The minimum absolute atomic E-state index is 0.0480. The molecule has 1 aliphatic carbocycles. The van der Waals surface area contributed by atoms with Gasteiger partial charge in [0, 0.05) is 11.6 Å². The van der Waals surface area contributed by atoms with E-state index in [1.54, 1.807) is 0 Å². The van der Waals surface area contributed by atoms with E-state index in [0.29, 0.717) is 6.61 Å². The van der Waals surface area contributed by atoms with Crippen molar-refractivity contribution in [3.05, 3.63) is 29.8 Å². The quantitative estimate of drug-likeness (QED) is 0.892. The third kappa shape index (κ3) is 3.24. The molecule has 0 radical (unpaired) electrons. The number of hydrogen-bond donors (Lipinski definition) is 1. The van der Waals surface area contributed by atoms with E-state index in [9.17, 15) is 0 Å². The van der Waals surface area contributed by atoms with Gasteiger partial charge in [0.05, 0.1) is 11.7 Å². The van der Waals surface area contributed by atoms with Gasteiger partial charge in [0.25, 0.3) is 0 Å². The fourth-order valence-corrected chi connectivity index (χ4v) is 3.72. The molecule has 0 aromatic heterocycles. The number of rotatable bonds is 5. The highest BCUT2D eigenvalue weighted by molar-refractivity contribution is 5.35. The van der Waals surface area contributed by atoms with Gasteiger partial charge in [-0.25, -0.2) is 0 Å². The standard InChI is InChI=1S/C18H27NO2/c1-2-16(19)15-7-3-4-8-17(15)20-13-14-9-12-18(21-14)10-5-6-11-18/h3-4,7-8,14,16H,2,5-6,9-13,19H2,1H3/t14?,16-/m0/s1. The molecule has 2 fully saturated rings. The summed E-state index contributed by atoms with van der Waals surface area (Å²) < 4.78 is 12.3. The third-order valence-corrected chi connectivity index (χ3v) is 5.04. The molecule has 1 saturated heterocycles. The van der Waals surface area contributed by atoms with Crippen molar-refractivity contribution in [2.24, 2.45) is 5.73 Å². The topological polar surface area (TPSA) is 44.5 Å². The minimum atomic E-state index is 0.0480. The summed E-state index contributed by atoms with van der Waals surface area (Å²) in [5.41, 5.74) is 7.45. The first-order valence-electron chi connectivity index (χ1n) is 8.37. The van der Waals surface area contributed by atoms with Gasteiger partial charge in [0.1, 0.15) is 12.4 Å². The zero-order valence-corrected chi connectivity index (χ0v) is 13.0. The van der Waals surface area contributed by atoms with Gasteiger partial charge in [0.2, 0.25) is 0 Å². The van der Waals surface area contributed by atoms with Gasteiger partial charge in [-0.2, -0.15) is 0 Å². The molecular weight excluding hydrogens is 262 g/mol. The lowest BCUT2D eigenvalue weighted by molar-refractivity contribution is -0.0510. The van der Waals surface area contributed by atoms with Crippen molar-refractivity contribution >= 4 is 0 Å². The largest absolute Gasteiger partial charge is 0.491 e. The monoisotopic (exact) mass is 289 g/mol. The summed E-state index contributed by atoms with van der Waals surface area (Å²) in [7, 11) is 0. The average molecular weight is 289 g/mol. The van der Waals surface area contributed by atoms with Crippen LogP contribution >= 0.6 is 0 Å². The van der Waals surface area contributed by atoms with E-state index in [1.807, 2.05) is 18.2 Å². The van der Waals surface area contributed by atoms with Gasteiger partial charge in [-0.3, -0.25) is 0 Å². The Labute approximate surface area is 127 Å². The maximum atomic E-state index is 6.30. The molecular formula is C18H27NO2. The second kappa shape index (κ2) is 6.37. The average Bonchev–Trinajstić information content (AvgIpc) is 3.15. The second-order valence-electron chi connectivity index (χ2n) is 6.53. The number of nitrogens with two attached hydrogens (primary N) is 1. The van der Waals surface area contributed by atoms with Crippen LogP contribution in [0.2, 0.25) is 0 Å². The summed E-state index contributed by atoms with van der Waals surface area (Å²) in [5, 5.41) is 0. The van der Waals surface area contributed by atoms with E-state index < -0.39 is 0 Å². The number of ether oxygens (including phenoxy) is 2. The predicted octanol–water partition coefficient (Wildman–Crippen LogP) is 3.97. The van der Waals surface area contributed by atoms with Crippen LogP contribution in [0.1, 0.15) is 63.5 Å². The van der Waals surface area contributed by atoms with Crippen LogP contribution < -0.4 is 10.5 Å². The van der Waals surface area contributed by atoms with Crippen molar-refractivity contribution in [2.75, 3.05) is 6.61 Å². The molecule has 1 saturated carbocycles. The first kappa shape index (κ1) is 14.9. The Morgan fingerprint density at radius 1 is 1.29 bits per heavy atom. The van der Waals surface area contributed by atoms with Gasteiger partial charge in [-0.1, -0.05) is 38.0 Å². The van der Waals surface area contributed by atoms with E-state index in [4.69, 9.17) is 15.2 Å². The Morgan fingerprint density at radius 2 is 2.05 bits per heavy atom. The van der Waals surface area contributed by atoms with Crippen LogP contribution in [-0.2, 0) is 4.74 Å². The molecule has 2 atom stereocenters. The Hall–Kier alpha value is -1.06. The number of benzene rings is 1. The summed E-state index contributed by atoms with van der Waals surface area (Å²) in [6.45, 7) is 2.75. The highest BCUT2D eigenvalue weighted by atomic mass is 16.6. The van der Waals surface area contributed by atoms with E-state index in [1.165, 1.54) is 32.1 Å². The van der Waals surface area contributed by atoms with Crippen molar-refractivity contribution in [3.63, 3.8) is 0 Å². The molecule has 1 aromatic rings. The van der Waals surface area contributed by atoms with E-state index in [-0.39, 0.29) is 17.7 Å². The lowest BCUT2D eigenvalue weighted by Crippen LogP contribution is -2.27. The van der Waals surface area contributed by atoms with E-state index in [2.05, 4.69) is 13.0 Å². The third-order valence-electron chi connectivity index (χ3n) is 5.04. The SMILES string of the molecule is CC[C@H](N)c1ccccc1OCC1CCC2(CCCC2)O1. The van der Waals surface area contributed by atoms with Gasteiger partial charge >= 0.3 is 0 Å². The van der Waals surface area contributed by atoms with Crippen LogP contribution in [0.25, 0.3) is 0 Å². The van der Waals surface area contributed by atoms with Crippen molar-refractivity contribution in [1.29, 1.82) is 0 Å². The maximum Gasteiger partial charge on any atom is 0.124 e. The molecule has 1 spiro atoms. The first-order valence-corrected chi connectivity index (χ1v) is 8.37. The van der Waals surface area contributed by atoms with Gasteiger partial charge < -0.3 is 15.2 Å². The van der Waals surface area contributed by atoms with Crippen molar-refractivity contribution < 1.29 is 9.47 Å². The van der Waals surface area contributed by atoms with Gasteiger partial charge in [-0.15, -0.1) is 0 Å². The second-order valence-corrected chi connectivity index (χ2v) is 6.53. The predicted molar refractivity (Wildman–Crippen MR) is 84.5 cm³/mol. The molecule has 0 amide bonds. The Balaban J connectivity index is 1.58. The van der Waals surface area contributed by atoms with E-state index >= 15 is 0 Å². The molecule has 2 N–H and O–H groups in total. The van der Waals surface area contributed by atoms with Crippen LogP contribution in [0.15, 0.2) is 24.3 Å². The first-order chi connectivity index (χ1) is 10.2. The highest BCUT2D eigenvalue weighted by Gasteiger charge is 2.42. The van der Waals surface area contributed by atoms with E-state index in [0.717, 1.165) is 24.2 Å². The smallest absolute Gasteiger partial charge is 0.124 e. The maximum absolute atomic E-state index is 6.30.